The number of hydrogen-bond acceptors (Lipinski definition) is 4. The third kappa shape index (κ3) is 3.32. The van der Waals surface area contributed by atoms with Crippen LogP contribution in [-0.4, -0.2) is 38.4 Å². The van der Waals surface area contributed by atoms with Crippen molar-refractivity contribution in [3.05, 3.63) is 71.8 Å². The van der Waals surface area contributed by atoms with Crippen molar-refractivity contribution in [2.45, 2.75) is 13.5 Å². The van der Waals surface area contributed by atoms with E-state index in [0.717, 1.165) is 23.6 Å². The monoisotopic (exact) mass is 357 g/mol. The van der Waals surface area contributed by atoms with Crippen LogP contribution in [0.2, 0.25) is 0 Å². The minimum atomic E-state index is -0.0138. The predicted octanol–water partition coefficient (Wildman–Crippen LogP) is 2.90. The van der Waals surface area contributed by atoms with E-state index in [9.17, 15) is 4.79 Å². The maximum atomic E-state index is 12.6. The Kier molecular flexibility index (Phi) is 4.43. The highest BCUT2D eigenvalue weighted by molar-refractivity contribution is 5.95. The number of imidazole rings is 1. The fraction of sp³-hybridized carbons (Fsp3) is 0.238. The molecule has 0 saturated carbocycles. The third-order valence-corrected chi connectivity index (χ3v) is 4.92. The maximum Gasteiger partial charge on any atom is 0.253 e. The molecule has 1 saturated heterocycles. The number of pyridine rings is 1. The van der Waals surface area contributed by atoms with Crippen molar-refractivity contribution < 1.29 is 4.79 Å². The van der Waals surface area contributed by atoms with Gasteiger partial charge in [-0.3, -0.25) is 9.78 Å². The number of likely N-dealkylation sites (tertiary alicyclic amines) is 1. The molecule has 1 aromatic carbocycles. The van der Waals surface area contributed by atoms with E-state index in [1.54, 1.807) is 36.7 Å². The van der Waals surface area contributed by atoms with Crippen molar-refractivity contribution in [2.24, 2.45) is 5.92 Å². The molecule has 0 bridgehead atoms. The summed E-state index contributed by atoms with van der Waals surface area (Å²) in [6.45, 7) is 4.30. The minimum Gasteiger partial charge on any atom is -0.338 e. The van der Waals surface area contributed by atoms with Crippen LogP contribution in [0.3, 0.4) is 0 Å². The van der Waals surface area contributed by atoms with Crippen molar-refractivity contribution >= 4 is 5.91 Å². The molecule has 6 heteroatoms. The highest BCUT2D eigenvalue weighted by Gasteiger charge is 2.32. The summed E-state index contributed by atoms with van der Waals surface area (Å²) in [6, 6.07) is 12.9. The van der Waals surface area contributed by atoms with Crippen molar-refractivity contribution in [1.29, 1.82) is 5.26 Å². The summed E-state index contributed by atoms with van der Waals surface area (Å²) in [5.41, 5.74) is 3.23. The van der Waals surface area contributed by atoms with E-state index in [1.165, 1.54) is 0 Å². The average Bonchev–Trinajstić information content (AvgIpc) is 3.05. The molecule has 0 atom stereocenters. The number of nitrogens with zero attached hydrogens (tertiary/aromatic N) is 5. The molecule has 0 spiro atoms. The molecule has 6 nitrogen and oxygen atoms in total. The van der Waals surface area contributed by atoms with Crippen LogP contribution in [0.15, 0.2) is 55.0 Å². The molecule has 1 aliphatic heterocycles. The van der Waals surface area contributed by atoms with Gasteiger partial charge in [-0.05, 0) is 37.3 Å². The van der Waals surface area contributed by atoms with Gasteiger partial charge in [0.1, 0.15) is 5.82 Å². The summed E-state index contributed by atoms with van der Waals surface area (Å²) in [5.74, 6) is 1.31. The summed E-state index contributed by atoms with van der Waals surface area (Å²) >= 11 is 0. The molecule has 0 radical (unpaired) electrons. The SMILES string of the molecule is Cc1cnc(-c2ccncc2)n1CC1CN(C(=O)c2cccc(C#N)c2)C1. The standard InChI is InChI=1S/C21H19N5O/c1-15-11-24-20(18-5-7-23-8-6-18)26(15)14-17-12-25(13-17)21(27)19-4-2-3-16(9-19)10-22/h2-9,11,17H,12-14H2,1H3. The van der Waals surface area contributed by atoms with Gasteiger partial charge in [-0.2, -0.15) is 5.26 Å². The Morgan fingerprint density at radius 3 is 2.78 bits per heavy atom. The average molecular weight is 357 g/mol. The lowest BCUT2D eigenvalue weighted by atomic mass is 9.98. The molecule has 0 unspecified atom stereocenters. The Labute approximate surface area is 157 Å². The lowest BCUT2D eigenvalue weighted by Gasteiger charge is -2.40. The van der Waals surface area contributed by atoms with Gasteiger partial charge in [-0.15, -0.1) is 0 Å². The van der Waals surface area contributed by atoms with Crippen molar-refractivity contribution in [3.63, 3.8) is 0 Å². The van der Waals surface area contributed by atoms with Gasteiger partial charge in [-0.1, -0.05) is 6.07 Å². The molecule has 4 rings (SSSR count). The molecule has 1 fully saturated rings. The Bertz CT molecular complexity index is 1010. The van der Waals surface area contributed by atoms with Crippen LogP contribution in [0.1, 0.15) is 21.6 Å². The van der Waals surface area contributed by atoms with Crippen LogP contribution in [0.5, 0.6) is 0 Å². The van der Waals surface area contributed by atoms with Gasteiger partial charge in [0.2, 0.25) is 0 Å². The molecule has 1 amide bonds. The Balaban J connectivity index is 1.43. The zero-order chi connectivity index (χ0) is 18.8. The molecule has 3 aromatic rings. The number of hydrogen-bond donors (Lipinski definition) is 0. The smallest absolute Gasteiger partial charge is 0.253 e. The van der Waals surface area contributed by atoms with Gasteiger partial charge in [-0.25, -0.2) is 4.98 Å². The number of carbonyl (C=O) groups excluding carboxylic acids is 1. The molecule has 2 aromatic heterocycles. The van der Waals surface area contributed by atoms with Crippen molar-refractivity contribution in [1.82, 2.24) is 19.4 Å². The second kappa shape index (κ2) is 7.04. The Morgan fingerprint density at radius 1 is 1.26 bits per heavy atom. The maximum absolute atomic E-state index is 12.6. The minimum absolute atomic E-state index is 0.0138. The van der Waals surface area contributed by atoms with Gasteiger partial charge in [0.15, 0.2) is 0 Å². The molecule has 134 valence electrons. The first-order valence-corrected chi connectivity index (χ1v) is 8.87. The van der Waals surface area contributed by atoms with E-state index in [-0.39, 0.29) is 5.91 Å². The zero-order valence-corrected chi connectivity index (χ0v) is 15.0. The van der Waals surface area contributed by atoms with Crippen LogP contribution in [0, 0.1) is 24.2 Å². The number of amides is 1. The van der Waals surface area contributed by atoms with Crippen LogP contribution < -0.4 is 0 Å². The molecule has 0 N–H and O–H groups in total. The molecule has 1 aliphatic rings. The topological polar surface area (TPSA) is 74.8 Å². The molecule has 0 aliphatic carbocycles. The fourth-order valence-corrected chi connectivity index (χ4v) is 3.44. The van der Waals surface area contributed by atoms with Gasteiger partial charge < -0.3 is 9.47 Å². The van der Waals surface area contributed by atoms with E-state index in [1.807, 2.05) is 30.2 Å². The van der Waals surface area contributed by atoms with E-state index in [4.69, 9.17) is 5.26 Å². The summed E-state index contributed by atoms with van der Waals surface area (Å²) in [4.78, 5) is 23.0. The number of rotatable bonds is 4. The molecule has 27 heavy (non-hydrogen) atoms. The predicted molar refractivity (Wildman–Crippen MR) is 101 cm³/mol. The normalized spacial score (nSPS) is 13.9. The zero-order valence-electron chi connectivity index (χ0n) is 15.0. The summed E-state index contributed by atoms with van der Waals surface area (Å²) in [6.07, 6.45) is 5.41. The van der Waals surface area contributed by atoms with E-state index in [0.29, 0.717) is 30.1 Å². The van der Waals surface area contributed by atoms with Gasteiger partial charge in [0.05, 0.1) is 11.6 Å². The van der Waals surface area contributed by atoms with Gasteiger partial charge >= 0.3 is 0 Å². The van der Waals surface area contributed by atoms with Crippen LogP contribution >= 0.6 is 0 Å². The summed E-state index contributed by atoms with van der Waals surface area (Å²) in [5, 5.41) is 9.00. The lowest BCUT2D eigenvalue weighted by Crippen LogP contribution is -2.51. The van der Waals surface area contributed by atoms with Crippen molar-refractivity contribution in [3.8, 4) is 17.5 Å². The quantitative estimate of drug-likeness (QED) is 0.719. The van der Waals surface area contributed by atoms with E-state index >= 15 is 0 Å². The third-order valence-electron chi connectivity index (χ3n) is 4.92. The van der Waals surface area contributed by atoms with Crippen molar-refractivity contribution in [2.75, 3.05) is 13.1 Å². The van der Waals surface area contributed by atoms with Gasteiger partial charge in [0.25, 0.3) is 5.91 Å². The molecule has 3 heterocycles. The second-order valence-electron chi connectivity index (χ2n) is 6.84. The number of nitriles is 1. The van der Waals surface area contributed by atoms with E-state index in [2.05, 4.69) is 20.6 Å². The first kappa shape index (κ1) is 17.0. The number of aromatic nitrogens is 3. The summed E-state index contributed by atoms with van der Waals surface area (Å²) in [7, 11) is 0. The van der Waals surface area contributed by atoms with Crippen LogP contribution in [0.4, 0.5) is 0 Å². The molecular formula is C21H19N5O. The number of carbonyl (C=O) groups is 1. The molecular weight excluding hydrogens is 338 g/mol. The largest absolute Gasteiger partial charge is 0.338 e. The van der Waals surface area contributed by atoms with Gasteiger partial charge in [0, 0.05) is 61.0 Å². The Hall–Kier alpha value is -3.46. The lowest BCUT2D eigenvalue weighted by molar-refractivity contribution is 0.0469. The number of benzene rings is 1. The van der Waals surface area contributed by atoms with Crippen LogP contribution in [0.25, 0.3) is 11.4 Å². The van der Waals surface area contributed by atoms with Crippen LogP contribution in [-0.2, 0) is 6.54 Å². The fourth-order valence-electron chi connectivity index (χ4n) is 3.44. The first-order chi connectivity index (χ1) is 13.2. The number of aryl methyl sites for hydroxylation is 1. The Morgan fingerprint density at radius 2 is 2.04 bits per heavy atom. The highest BCUT2D eigenvalue weighted by atomic mass is 16.2. The van der Waals surface area contributed by atoms with E-state index < -0.39 is 0 Å². The second-order valence-corrected chi connectivity index (χ2v) is 6.84. The first-order valence-electron chi connectivity index (χ1n) is 8.87. The highest BCUT2D eigenvalue weighted by Crippen LogP contribution is 2.25. The summed E-state index contributed by atoms with van der Waals surface area (Å²) < 4.78 is 2.21.